The molecule has 1 aromatic heterocycles. The van der Waals surface area contributed by atoms with Crippen molar-refractivity contribution < 1.29 is 22.8 Å². The molecule has 150 valence electrons. The fraction of sp³-hybridized carbons (Fsp3) is 0.150. The lowest BCUT2D eigenvalue weighted by molar-refractivity contribution is -0.140. The highest BCUT2D eigenvalue weighted by Crippen LogP contribution is 2.33. The fourth-order valence-corrected chi connectivity index (χ4v) is 3.33. The summed E-state index contributed by atoms with van der Waals surface area (Å²) in [5, 5.41) is 1.26. The number of halogens is 3. The normalized spacial score (nSPS) is 11.2. The minimum absolute atomic E-state index is 0.207. The smallest absolute Gasteiger partial charge is 0.267 e. The lowest BCUT2D eigenvalue weighted by Crippen LogP contribution is -2.46. The van der Waals surface area contributed by atoms with Crippen molar-refractivity contribution in [3.63, 3.8) is 0 Å². The molecule has 29 heavy (non-hydrogen) atoms. The van der Waals surface area contributed by atoms with Crippen molar-refractivity contribution in [1.82, 2.24) is 10.4 Å². The Labute approximate surface area is 168 Å². The van der Waals surface area contributed by atoms with Gasteiger partial charge in [0.15, 0.2) is 5.69 Å². The predicted molar refractivity (Wildman–Crippen MR) is 104 cm³/mol. The summed E-state index contributed by atoms with van der Waals surface area (Å²) in [6.45, 7) is 3.57. The van der Waals surface area contributed by atoms with E-state index in [-0.39, 0.29) is 16.3 Å². The van der Waals surface area contributed by atoms with Crippen LogP contribution in [-0.4, -0.2) is 16.8 Å². The van der Waals surface area contributed by atoms with E-state index in [1.807, 2.05) is 0 Å². The van der Waals surface area contributed by atoms with Crippen molar-refractivity contribution in [2.24, 2.45) is 0 Å². The number of amides is 2. The molecule has 0 aliphatic rings. The summed E-state index contributed by atoms with van der Waals surface area (Å²) in [5.41, 5.74) is 3.33. The second-order valence-corrected chi connectivity index (χ2v) is 7.17. The molecule has 1 heterocycles. The molecule has 2 amide bonds. The molecule has 9 heteroatoms. The molecule has 0 aliphatic carbocycles. The van der Waals surface area contributed by atoms with Crippen LogP contribution in [0.5, 0.6) is 0 Å². The Morgan fingerprint density at radius 1 is 1.00 bits per heavy atom. The third-order valence-corrected chi connectivity index (χ3v) is 4.76. The van der Waals surface area contributed by atoms with Crippen LogP contribution >= 0.6 is 11.3 Å². The van der Waals surface area contributed by atoms with Crippen LogP contribution < -0.4 is 10.4 Å². The first-order valence-corrected chi connectivity index (χ1v) is 9.34. The Balaban J connectivity index is 1.98. The molecule has 0 aliphatic heterocycles. The molecule has 3 aromatic rings. The molecule has 0 fully saturated rings. The van der Waals surface area contributed by atoms with Gasteiger partial charge < -0.3 is 0 Å². The van der Waals surface area contributed by atoms with Crippen LogP contribution in [0.4, 0.5) is 18.3 Å². The molecule has 1 N–H and O–H groups in total. The number of rotatable bonds is 3. The van der Waals surface area contributed by atoms with E-state index in [0.717, 1.165) is 21.5 Å². The van der Waals surface area contributed by atoms with Gasteiger partial charge in [0.25, 0.3) is 11.8 Å². The van der Waals surface area contributed by atoms with Crippen molar-refractivity contribution >= 4 is 28.3 Å². The fourth-order valence-electron chi connectivity index (χ4n) is 2.54. The van der Waals surface area contributed by atoms with E-state index in [4.69, 9.17) is 0 Å². The summed E-state index contributed by atoms with van der Waals surface area (Å²) >= 11 is 0.611. The highest BCUT2D eigenvalue weighted by molar-refractivity contribution is 7.14. The number of carbonyl (C=O) groups excluding carboxylic acids is 2. The molecule has 0 unspecified atom stereocenters. The number of thiazole rings is 1. The molecule has 0 saturated carbocycles. The number of aryl methyl sites for hydroxylation is 2. The van der Waals surface area contributed by atoms with Gasteiger partial charge in [-0.05, 0) is 38.1 Å². The zero-order valence-electron chi connectivity index (χ0n) is 15.4. The van der Waals surface area contributed by atoms with Crippen LogP contribution in [-0.2, 0) is 6.18 Å². The SMILES string of the molecule is Cc1cccc(C(=O)NN(C(=O)c2cccc(C)c2)c2nc(C(F)(F)F)cs2)c1. The Kier molecular flexibility index (Phi) is 5.69. The van der Waals surface area contributed by atoms with Gasteiger partial charge in [-0.2, -0.15) is 18.2 Å². The van der Waals surface area contributed by atoms with Crippen molar-refractivity contribution in [2.45, 2.75) is 20.0 Å². The summed E-state index contributed by atoms with van der Waals surface area (Å²) in [6, 6.07) is 13.1. The average molecular weight is 419 g/mol. The average Bonchev–Trinajstić information content (AvgIpc) is 3.16. The monoisotopic (exact) mass is 419 g/mol. The minimum Gasteiger partial charge on any atom is -0.267 e. The van der Waals surface area contributed by atoms with Crippen molar-refractivity contribution in [1.29, 1.82) is 0 Å². The molecule has 5 nitrogen and oxygen atoms in total. The Morgan fingerprint density at radius 2 is 1.59 bits per heavy atom. The van der Waals surface area contributed by atoms with Gasteiger partial charge in [0.05, 0.1) is 0 Å². The lowest BCUT2D eigenvalue weighted by atomic mass is 10.1. The minimum atomic E-state index is -4.66. The molecule has 0 saturated heterocycles. The van der Waals surface area contributed by atoms with E-state index >= 15 is 0 Å². The summed E-state index contributed by atoms with van der Waals surface area (Å²) in [4.78, 5) is 29.1. The van der Waals surface area contributed by atoms with Crippen LogP contribution in [0.2, 0.25) is 0 Å². The van der Waals surface area contributed by atoms with Crippen molar-refractivity contribution in [3.05, 3.63) is 81.9 Å². The van der Waals surface area contributed by atoms with Crippen LogP contribution in [0.3, 0.4) is 0 Å². The van der Waals surface area contributed by atoms with Crippen LogP contribution in [0.15, 0.2) is 53.9 Å². The molecule has 0 spiro atoms. The van der Waals surface area contributed by atoms with Gasteiger partial charge in [-0.3, -0.25) is 15.0 Å². The predicted octanol–water partition coefficient (Wildman–Crippen LogP) is 4.77. The Bertz CT molecular complexity index is 1060. The second-order valence-electron chi connectivity index (χ2n) is 6.33. The molecule has 0 bridgehead atoms. The first kappa shape index (κ1) is 20.5. The lowest BCUT2D eigenvalue weighted by Gasteiger charge is -2.21. The van der Waals surface area contributed by atoms with E-state index in [9.17, 15) is 22.8 Å². The number of alkyl halides is 3. The maximum Gasteiger partial charge on any atom is 0.434 e. The first-order chi connectivity index (χ1) is 13.6. The van der Waals surface area contributed by atoms with E-state index in [1.54, 1.807) is 56.3 Å². The Morgan fingerprint density at radius 3 is 2.14 bits per heavy atom. The number of carbonyl (C=O) groups is 2. The van der Waals surface area contributed by atoms with E-state index in [1.165, 1.54) is 6.07 Å². The zero-order valence-corrected chi connectivity index (χ0v) is 16.3. The maximum atomic E-state index is 13.0. The van der Waals surface area contributed by atoms with Gasteiger partial charge in [-0.15, -0.1) is 11.3 Å². The summed E-state index contributed by atoms with van der Waals surface area (Å²) in [7, 11) is 0. The van der Waals surface area contributed by atoms with Crippen molar-refractivity contribution in [3.8, 4) is 0 Å². The van der Waals surface area contributed by atoms with Crippen LogP contribution in [0.1, 0.15) is 37.5 Å². The Hall–Kier alpha value is -3.20. The molecule has 0 radical (unpaired) electrons. The number of hydrazine groups is 1. The molecular formula is C20H16F3N3O2S. The molecule has 3 rings (SSSR count). The van der Waals surface area contributed by atoms with Gasteiger partial charge in [0, 0.05) is 16.5 Å². The number of benzene rings is 2. The van der Waals surface area contributed by atoms with Gasteiger partial charge in [0.1, 0.15) is 0 Å². The largest absolute Gasteiger partial charge is 0.434 e. The highest BCUT2D eigenvalue weighted by Gasteiger charge is 2.35. The highest BCUT2D eigenvalue weighted by atomic mass is 32.1. The number of hydrogen-bond acceptors (Lipinski definition) is 4. The second kappa shape index (κ2) is 8.04. The number of hydrogen-bond donors (Lipinski definition) is 1. The van der Waals surface area contributed by atoms with Gasteiger partial charge in [0.2, 0.25) is 5.13 Å². The number of nitrogens with zero attached hydrogens (tertiary/aromatic N) is 2. The van der Waals surface area contributed by atoms with Crippen molar-refractivity contribution in [2.75, 3.05) is 5.01 Å². The third-order valence-electron chi connectivity index (χ3n) is 3.94. The topological polar surface area (TPSA) is 62.3 Å². The molecular weight excluding hydrogens is 403 g/mol. The maximum absolute atomic E-state index is 13.0. The molecule has 2 aromatic carbocycles. The van der Waals surface area contributed by atoms with E-state index in [2.05, 4.69) is 10.4 Å². The van der Waals surface area contributed by atoms with Gasteiger partial charge in [-0.1, -0.05) is 35.4 Å². The number of nitrogens with one attached hydrogen (secondary N) is 1. The summed E-state index contributed by atoms with van der Waals surface area (Å²) in [6.07, 6.45) is -4.66. The number of aromatic nitrogens is 1. The number of anilines is 1. The summed E-state index contributed by atoms with van der Waals surface area (Å²) in [5.74, 6) is -1.34. The molecule has 0 atom stereocenters. The zero-order chi connectivity index (χ0) is 21.2. The quantitative estimate of drug-likeness (QED) is 0.622. The first-order valence-electron chi connectivity index (χ1n) is 8.46. The van der Waals surface area contributed by atoms with E-state index < -0.39 is 23.7 Å². The van der Waals surface area contributed by atoms with Gasteiger partial charge in [-0.25, -0.2) is 4.98 Å². The third kappa shape index (κ3) is 4.80. The summed E-state index contributed by atoms with van der Waals surface area (Å²) < 4.78 is 38.9. The van der Waals surface area contributed by atoms with E-state index in [0.29, 0.717) is 11.3 Å². The van der Waals surface area contributed by atoms with Crippen LogP contribution in [0, 0.1) is 13.8 Å². The standard InChI is InChI=1S/C20H16F3N3O2S/c1-12-5-3-7-14(9-12)17(27)25-26(18(28)15-8-4-6-13(2)10-15)19-24-16(11-29-19)20(21,22)23/h3-11H,1-2H3,(H,25,27). The van der Waals surface area contributed by atoms with Gasteiger partial charge >= 0.3 is 6.18 Å². The van der Waals surface area contributed by atoms with Crippen LogP contribution in [0.25, 0.3) is 0 Å².